The van der Waals surface area contributed by atoms with Gasteiger partial charge in [0, 0.05) is 0 Å². The molecule has 0 rings (SSSR count). The molecule has 2 heteroatoms. The molecule has 0 heterocycles. The molecule has 0 aromatic carbocycles. The summed E-state index contributed by atoms with van der Waals surface area (Å²) in [7, 11) is 0. The Kier molecular flexibility index (Phi) is 9.12. The first-order chi connectivity index (χ1) is 8.15. The van der Waals surface area contributed by atoms with Crippen LogP contribution in [0, 0.1) is 5.92 Å². The molecule has 0 saturated heterocycles. The van der Waals surface area contributed by atoms with E-state index in [0.29, 0.717) is 18.1 Å². The van der Waals surface area contributed by atoms with Gasteiger partial charge in [-0.1, -0.05) is 58.4 Å². The smallest absolute Gasteiger partial charge is 0.337 e. The van der Waals surface area contributed by atoms with Crippen LogP contribution >= 0.6 is 0 Å². The highest BCUT2D eigenvalue weighted by molar-refractivity contribution is 5.90. The first-order valence-corrected chi connectivity index (χ1v) is 6.30. The van der Waals surface area contributed by atoms with E-state index in [0.717, 1.165) is 12.8 Å². The van der Waals surface area contributed by atoms with E-state index >= 15 is 0 Å². The largest absolute Gasteiger partial charge is 0.462 e. The lowest BCUT2D eigenvalue weighted by molar-refractivity contribution is -0.140. The third-order valence-corrected chi connectivity index (χ3v) is 2.69. The van der Waals surface area contributed by atoms with Gasteiger partial charge in [0.15, 0.2) is 0 Å². The number of hydrogen-bond acceptors (Lipinski definition) is 2. The molecule has 0 aromatic rings. The number of ether oxygens (including phenoxy) is 1. The molecule has 96 valence electrons. The molecule has 0 bridgehead atoms. The number of hydrogen-bond donors (Lipinski definition) is 0. The van der Waals surface area contributed by atoms with E-state index in [2.05, 4.69) is 27.0 Å². The summed E-state index contributed by atoms with van der Waals surface area (Å²) in [4.78, 5) is 11.5. The Bertz CT molecular complexity index is 277. The van der Waals surface area contributed by atoms with Crippen molar-refractivity contribution in [1.82, 2.24) is 0 Å². The molecule has 0 saturated carbocycles. The van der Waals surface area contributed by atoms with Crippen molar-refractivity contribution in [2.75, 3.05) is 6.61 Å². The van der Waals surface area contributed by atoms with Crippen LogP contribution in [0.2, 0.25) is 0 Å². The van der Waals surface area contributed by atoms with Crippen LogP contribution in [-0.4, -0.2) is 12.6 Å². The van der Waals surface area contributed by atoms with E-state index in [1.165, 1.54) is 12.8 Å². The van der Waals surface area contributed by atoms with Crippen LogP contribution in [0.4, 0.5) is 0 Å². The van der Waals surface area contributed by atoms with Crippen molar-refractivity contribution in [2.45, 2.75) is 39.5 Å². The third-order valence-electron chi connectivity index (χ3n) is 2.69. The average molecular weight is 236 g/mol. The lowest BCUT2D eigenvalue weighted by atomic mass is 10.0. The fourth-order valence-corrected chi connectivity index (χ4v) is 1.44. The van der Waals surface area contributed by atoms with Gasteiger partial charge < -0.3 is 4.74 Å². The Morgan fingerprint density at radius 2 is 2.12 bits per heavy atom. The summed E-state index contributed by atoms with van der Waals surface area (Å²) in [5.74, 6) is 0.133. The van der Waals surface area contributed by atoms with Crippen molar-refractivity contribution in [3.8, 4) is 0 Å². The Morgan fingerprint density at radius 1 is 1.41 bits per heavy atom. The molecule has 1 unspecified atom stereocenters. The first-order valence-electron chi connectivity index (χ1n) is 6.30. The van der Waals surface area contributed by atoms with Crippen molar-refractivity contribution < 1.29 is 9.53 Å². The Morgan fingerprint density at radius 3 is 2.65 bits per heavy atom. The molecular weight excluding hydrogens is 212 g/mol. The quantitative estimate of drug-likeness (QED) is 0.343. The molecule has 0 aromatic heterocycles. The maximum Gasteiger partial charge on any atom is 0.337 e. The van der Waals surface area contributed by atoms with Crippen LogP contribution < -0.4 is 0 Å². The molecule has 2 nitrogen and oxygen atoms in total. The first kappa shape index (κ1) is 15.7. The summed E-state index contributed by atoms with van der Waals surface area (Å²) in [6, 6.07) is 0. The Labute approximate surface area is 105 Å². The van der Waals surface area contributed by atoms with Gasteiger partial charge >= 0.3 is 5.97 Å². The molecule has 0 fully saturated rings. The zero-order chi connectivity index (χ0) is 13.1. The molecule has 17 heavy (non-hydrogen) atoms. The fraction of sp³-hybridized carbons (Fsp3) is 0.533. The second-order valence-electron chi connectivity index (χ2n) is 4.14. The SMILES string of the molecule is C=CC=CC(=C)C(=O)OCC(CC)CCCC. The van der Waals surface area contributed by atoms with Crippen molar-refractivity contribution in [1.29, 1.82) is 0 Å². The molecule has 0 aliphatic carbocycles. The Hall–Kier alpha value is -1.31. The number of esters is 1. The van der Waals surface area contributed by atoms with Gasteiger partial charge in [-0.15, -0.1) is 0 Å². The second-order valence-corrected chi connectivity index (χ2v) is 4.14. The van der Waals surface area contributed by atoms with Crippen molar-refractivity contribution in [3.63, 3.8) is 0 Å². The summed E-state index contributed by atoms with van der Waals surface area (Å²) in [5, 5.41) is 0. The van der Waals surface area contributed by atoms with Gasteiger partial charge in [0.05, 0.1) is 12.2 Å². The van der Waals surface area contributed by atoms with Crippen molar-refractivity contribution >= 4 is 5.97 Å². The lowest BCUT2D eigenvalue weighted by Crippen LogP contribution is -2.14. The fourth-order valence-electron chi connectivity index (χ4n) is 1.44. The maximum absolute atomic E-state index is 11.5. The highest BCUT2D eigenvalue weighted by Gasteiger charge is 2.10. The van der Waals surface area contributed by atoms with Gasteiger partial charge in [-0.25, -0.2) is 4.79 Å². The van der Waals surface area contributed by atoms with Crippen LogP contribution in [0.15, 0.2) is 37.0 Å². The molecule has 0 amide bonds. The van der Waals surface area contributed by atoms with Crippen LogP contribution in [0.5, 0.6) is 0 Å². The Balaban J connectivity index is 3.99. The van der Waals surface area contributed by atoms with Gasteiger partial charge in [0.2, 0.25) is 0 Å². The third kappa shape index (κ3) is 7.56. The van der Waals surface area contributed by atoms with Gasteiger partial charge in [0.25, 0.3) is 0 Å². The lowest BCUT2D eigenvalue weighted by Gasteiger charge is -2.14. The van der Waals surface area contributed by atoms with Gasteiger partial charge in [-0.3, -0.25) is 0 Å². The van der Waals surface area contributed by atoms with Gasteiger partial charge in [-0.2, -0.15) is 0 Å². The predicted molar refractivity (Wildman–Crippen MR) is 72.7 cm³/mol. The van der Waals surface area contributed by atoms with E-state index in [9.17, 15) is 4.79 Å². The zero-order valence-electron chi connectivity index (χ0n) is 11.1. The number of unbranched alkanes of at least 4 members (excludes halogenated alkanes) is 1. The second kappa shape index (κ2) is 9.88. The zero-order valence-corrected chi connectivity index (χ0v) is 11.1. The van der Waals surface area contributed by atoms with Crippen LogP contribution in [0.25, 0.3) is 0 Å². The monoisotopic (exact) mass is 236 g/mol. The summed E-state index contributed by atoms with van der Waals surface area (Å²) < 4.78 is 5.23. The summed E-state index contributed by atoms with van der Waals surface area (Å²) >= 11 is 0. The average Bonchev–Trinajstić information content (AvgIpc) is 2.35. The van der Waals surface area contributed by atoms with Crippen LogP contribution in [-0.2, 0) is 9.53 Å². The van der Waals surface area contributed by atoms with E-state index < -0.39 is 0 Å². The van der Waals surface area contributed by atoms with E-state index in [4.69, 9.17) is 4.74 Å². The minimum Gasteiger partial charge on any atom is -0.462 e. The predicted octanol–water partition coefficient (Wildman–Crippen LogP) is 4.04. The van der Waals surface area contributed by atoms with Crippen LogP contribution in [0.3, 0.4) is 0 Å². The molecule has 0 aliphatic heterocycles. The summed E-state index contributed by atoms with van der Waals surface area (Å²) in [6.07, 6.45) is 9.43. The maximum atomic E-state index is 11.5. The van der Waals surface area contributed by atoms with E-state index in [-0.39, 0.29) is 5.97 Å². The van der Waals surface area contributed by atoms with E-state index in [1.807, 2.05) is 0 Å². The van der Waals surface area contributed by atoms with E-state index in [1.54, 1.807) is 18.2 Å². The highest BCUT2D eigenvalue weighted by atomic mass is 16.5. The van der Waals surface area contributed by atoms with Crippen LogP contribution in [0.1, 0.15) is 39.5 Å². The van der Waals surface area contributed by atoms with Gasteiger partial charge in [-0.05, 0) is 18.4 Å². The molecule has 0 spiro atoms. The highest BCUT2D eigenvalue weighted by Crippen LogP contribution is 2.13. The minimum atomic E-state index is -0.335. The number of carbonyl (C=O) groups excluding carboxylic acids is 1. The molecule has 0 aliphatic rings. The summed E-state index contributed by atoms with van der Waals surface area (Å²) in [5.41, 5.74) is 0.371. The number of allylic oxidation sites excluding steroid dienone is 2. The number of rotatable bonds is 9. The van der Waals surface area contributed by atoms with Crippen molar-refractivity contribution in [3.05, 3.63) is 37.0 Å². The normalized spacial score (nSPS) is 12.4. The molecular formula is C15H24O2. The van der Waals surface area contributed by atoms with Crippen molar-refractivity contribution in [2.24, 2.45) is 5.92 Å². The molecule has 0 N–H and O–H groups in total. The summed E-state index contributed by atoms with van der Waals surface area (Å²) in [6.45, 7) is 12.0. The molecule has 1 atom stereocenters. The van der Waals surface area contributed by atoms with Gasteiger partial charge in [0.1, 0.15) is 0 Å². The number of carbonyl (C=O) groups is 1. The minimum absolute atomic E-state index is 0.335. The topological polar surface area (TPSA) is 26.3 Å². The standard InChI is InChI=1S/C15H24O2/c1-5-8-10-13(4)15(16)17-12-14(7-3)11-9-6-2/h5,8,10,14H,1,4,6-7,9,11-12H2,2-3H3. The molecule has 0 radical (unpaired) electrons.